The largest absolute Gasteiger partial charge is 0.384 e. The van der Waals surface area contributed by atoms with Gasteiger partial charge in [-0.25, -0.2) is 4.68 Å². The molecule has 4 nitrogen and oxygen atoms in total. The van der Waals surface area contributed by atoms with Gasteiger partial charge in [-0.2, -0.15) is 0 Å². The van der Waals surface area contributed by atoms with Crippen molar-refractivity contribution in [2.24, 2.45) is 0 Å². The van der Waals surface area contributed by atoms with Crippen LogP contribution in [0.15, 0.2) is 30.3 Å². The molecule has 1 aliphatic carbocycles. The van der Waals surface area contributed by atoms with E-state index < -0.39 is 0 Å². The Balaban J connectivity index is 1.90. The maximum Gasteiger partial charge on any atom is 0.150 e. The maximum absolute atomic E-state index is 5.97. The number of nitrogen functional groups attached to an aromatic ring is 1. The number of hydrogen-bond donors (Lipinski definition) is 2. The molecule has 17 heavy (non-hydrogen) atoms. The Bertz CT molecular complexity index is 523. The molecule has 3 rings (SSSR count). The van der Waals surface area contributed by atoms with Crippen LogP contribution in [-0.2, 0) is 0 Å². The number of nitrogens with zero attached hydrogens (tertiary/aromatic N) is 2. The standard InChI is InChI=1S/C13H16N4/c1-9-2-6-11(7-3-9)17-12(14)8-13(16-17)15-10-4-5-10/h2-3,6-8,10H,4-5,14H2,1H3,(H,15,16). The van der Waals surface area contributed by atoms with Crippen LogP contribution in [-0.4, -0.2) is 15.8 Å². The van der Waals surface area contributed by atoms with Gasteiger partial charge in [0.1, 0.15) is 5.82 Å². The van der Waals surface area contributed by atoms with E-state index >= 15 is 0 Å². The average molecular weight is 228 g/mol. The summed E-state index contributed by atoms with van der Waals surface area (Å²) in [6, 6.07) is 10.7. The Hall–Kier alpha value is -1.97. The molecule has 0 amide bonds. The zero-order valence-corrected chi connectivity index (χ0v) is 9.85. The van der Waals surface area contributed by atoms with Gasteiger partial charge in [-0.3, -0.25) is 0 Å². The third-order valence-electron chi connectivity index (χ3n) is 2.94. The van der Waals surface area contributed by atoms with E-state index in [1.54, 1.807) is 4.68 Å². The zero-order valence-electron chi connectivity index (χ0n) is 9.85. The molecule has 0 unspecified atom stereocenters. The van der Waals surface area contributed by atoms with Crippen LogP contribution in [0.2, 0.25) is 0 Å². The van der Waals surface area contributed by atoms with Gasteiger partial charge < -0.3 is 11.1 Å². The fourth-order valence-electron chi connectivity index (χ4n) is 1.80. The minimum Gasteiger partial charge on any atom is -0.384 e. The quantitative estimate of drug-likeness (QED) is 0.847. The van der Waals surface area contributed by atoms with Crippen molar-refractivity contribution in [1.82, 2.24) is 9.78 Å². The number of hydrogen-bond acceptors (Lipinski definition) is 3. The number of rotatable bonds is 3. The molecule has 88 valence electrons. The molecule has 2 aromatic rings. The van der Waals surface area contributed by atoms with Crippen LogP contribution in [0.1, 0.15) is 18.4 Å². The lowest BCUT2D eigenvalue weighted by molar-refractivity contribution is 0.886. The second-order valence-corrected chi connectivity index (χ2v) is 4.62. The minimum atomic E-state index is 0.593. The first kappa shape index (κ1) is 10.2. The fourth-order valence-corrected chi connectivity index (χ4v) is 1.80. The van der Waals surface area contributed by atoms with Crippen LogP contribution in [0.25, 0.3) is 5.69 Å². The molecule has 3 N–H and O–H groups in total. The van der Waals surface area contributed by atoms with Crippen molar-refractivity contribution in [3.05, 3.63) is 35.9 Å². The van der Waals surface area contributed by atoms with Gasteiger partial charge in [0.25, 0.3) is 0 Å². The van der Waals surface area contributed by atoms with Crippen molar-refractivity contribution >= 4 is 11.6 Å². The Morgan fingerprint density at radius 2 is 2.00 bits per heavy atom. The normalized spacial score (nSPS) is 14.9. The van der Waals surface area contributed by atoms with E-state index in [4.69, 9.17) is 5.73 Å². The van der Waals surface area contributed by atoms with Gasteiger partial charge in [-0.1, -0.05) is 17.7 Å². The van der Waals surface area contributed by atoms with Crippen molar-refractivity contribution in [2.45, 2.75) is 25.8 Å². The fraction of sp³-hybridized carbons (Fsp3) is 0.308. The Morgan fingerprint density at radius 1 is 1.29 bits per heavy atom. The molecule has 0 radical (unpaired) electrons. The summed E-state index contributed by atoms with van der Waals surface area (Å²) in [5.41, 5.74) is 8.20. The molecule has 0 atom stereocenters. The highest BCUT2D eigenvalue weighted by Gasteiger charge is 2.22. The van der Waals surface area contributed by atoms with E-state index in [2.05, 4.69) is 29.5 Å². The summed E-state index contributed by atoms with van der Waals surface area (Å²) < 4.78 is 1.77. The van der Waals surface area contributed by atoms with E-state index in [1.165, 1.54) is 18.4 Å². The van der Waals surface area contributed by atoms with Crippen molar-refractivity contribution in [3.63, 3.8) is 0 Å². The highest BCUT2D eigenvalue weighted by atomic mass is 15.3. The lowest BCUT2D eigenvalue weighted by Gasteiger charge is -2.04. The summed E-state index contributed by atoms with van der Waals surface area (Å²) >= 11 is 0. The lowest BCUT2D eigenvalue weighted by Crippen LogP contribution is -2.04. The van der Waals surface area contributed by atoms with Gasteiger partial charge >= 0.3 is 0 Å². The van der Waals surface area contributed by atoms with Gasteiger partial charge in [0.2, 0.25) is 0 Å². The molecule has 1 aromatic carbocycles. The Morgan fingerprint density at radius 3 is 2.65 bits per heavy atom. The molecule has 4 heteroatoms. The molecule has 1 aliphatic rings. The van der Waals surface area contributed by atoms with E-state index in [9.17, 15) is 0 Å². The molecule has 1 aromatic heterocycles. The average Bonchev–Trinajstić information content (AvgIpc) is 3.03. The van der Waals surface area contributed by atoms with Gasteiger partial charge in [0.05, 0.1) is 5.69 Å². The van der Waals surface area contributed by atoms with Gasteiger partial charge in [-0.05, 0) is 31.9 Å². The highest BCUT2D eigenvalue weighted by Crippen LogP contribution is 2.25. The smallest absolute Gasteiger partial charge is 0.150 e. The first-order valence-corrected chi connectivity index (χ1v) is 5.91. The Kier molecular flexibility index (Phi) is 2.28. The molecule has 1 saturated carbocycles. The van der Waals surface area contributed by atoms with Gasteiger partial charge in [0, 0.05) is 12.1 Å². The van der Waals surface area contributed by atoms with Crippen molar-refractivity contribution in [3.8, 4) is 5.69 Å². The summed E-state index contributed by atoms with van der Waals surface area (Å²) in [6.07, 6.45) is 2.47. The van der Waals surface area contributed by atoms with Crippen molar-refractivity contribution < 1.29 is 0 Å². The van der Waals surface area contributed by atoms with Crippen LogP contribution < -0.4 is 11.1 Å². The number of aromatic nitrogens is 2. The summed E-state index contributed by atoms with van der Waals surface area (Å²) in [5, 5.41) is 7.82. The third-order valence-corrected chi connectivity index (χ3v) is 2.94. The first-order valence-electron chi connectivity index (χ1n) is 5.91. The highest BCUT2D eigenvalue weighted by molar-refractivity contribution is 5.52. The number of aryl methyl sites for hydroxylation is 1. The van der Waals surface area contributed by atoms with Crippen molar-refractivity contribution in [2.75, 3.05) is 11.1 Å². The van der Waals surface area contributed by atoms with E-state index in [-0.39, 0.29) is 0 Å². The van der Waals surface area contributed by atoms with Crippen LogP contribution in [0.5, 0.6) is 0 Å². The summed E-state index contributed by atoms with van der Waals surface area (Å²) in [4.78, 5) is 0. The number of benzene rings is 1. The zero-order chi connectivity index (χ0) is 11.8. The molecule has 0 aliphatic heterocycles. The summed E-state index contributed by atoms with van der Waals surface area (Å²) in [5.74, 6) is 1.53. The molecule has 0 bridgehead atoms. The summed E-state index contributed by atoms with van der Waals surface area (Å²) in [6.45, 7) is 2.07. The lowest BCUT2D eigenvalue weighted by atomic mass is 10.2. The van der Waals surface area contributed by atoms with Crippen LogP contribution in [0, 0.1) is 6.92 Å². The van der Waals surface area contributed by atoms with Gasteiger partial charge in [0.15, 0.2) is 5.82 Å². The second kappa shape index (κ2) is 3.80. The predicted octanol–water partition coefficient (Wildman–Crippen LogP) is 2.34. The second-order valence-electron chi connectivity index (χ2n) is 4.62. The number of nitrogens with one attached hydrogen (secondary N) is 1. The van der Waals surface area contributed by atoms with Crippen LogP contribution >= 0.6 is 0 Å². The number of anilines is 2. The first-order chi connectivity index (χ1) is 8.22. The van der Waals surface area contributed by atoms with Crippen LogP contribution in [0.3, 0.4) is 0 Å². The summed E-state index contributed by atoms with van der Waals surface area (Å²) in [7, 11) is 0. The minimum absolute atomic E-state index is 0.593. The van der Waals surface area contributed by atoms with E-state index in [0.29, 0.717) is 11.9 Å². The molecule has 0 spiro atoms. The van der Waals surface area contributed by atoms with Crippen LogP contribution in [0.4, 0.5) is 11.6 Å². The monoisotopic (exact) mass is 228 g/mol. The maximum atomic E-state index is 5.97. The molecular formula is C13H16N4. The van der Waals surface area contributed by atoms with E-state index in [1.807, 2.05) is 18.2 Å². The number of nitrogens with two attached hydrogens (primary N) is 1. The molecular weight excluding hydrogens is 212 g/mol. The van der Waals surface area contributed by atoms with E-state index in [0.717, 1.165) is 11.5 Å². The molecule has 1 heterocycles. The molecule has 1 fully saturated rings. The topological polar surface area (TPSA) is 55.9 Å². The predicted molar refractivity (Wildman–Crippen MR) is 69.4 cm³/mol. The third kappa shape index (κ3) is 2.11. The van der Waals surface area contributed by atoms with Gasteiger partial charge in [-0.15, -0.1) is 5.10 Å². The van der Waals surface area contributed by atoms with Crippen molar-refractivity contribution in [1.29, 1.82) is 0 Å². The molecule has 0 saturated heterocycles. The SMILES string of the molecule is Cc1ccc(-n2nc(NC3CC3)cc2N)cc1. The Labute approximate surface area is 100 Å².